The monoisotopic (exact) mass is 481 g/mol. The molecule has 2 unspecified atom stereocenters. The van der Waals surface area contributed by atoms with Gasteiger partial charge in [0.2, 0.25) is 17.7 Å². The van der Waals surface area contributed by atoms with Crippen molar-refractivity contribution in [2.75, 3.05) is 11.4 Å². The van der Waals surface area contributed by atoms with Crippen LogP contribution < -0.4 is 10.2 Å². The van der Waals surface area contributed by atoms with Crippen LogP contribution in [0.5, 0.6) is 0 Å². The van der Waals surface area contributed by atoms with E-state index in [2.05, 4.69) is 5.32 Å². The van der Waals surface area contributed by atoms with Crippen molar-refractivity contribution in [3.63, 3.8) is 0 Å². The van der Waals surface area contributed by atoms with Gasteiger partial charge in [-0.2, -0.15) is 0 Å². The molecule has 2 aliphatic heterocycles. The van der Waals surface area contributed by atoms with E-state index >= 15 is 0 Å². The number of piperidine rings is 1. The maximum Gasteiger partial charge on any atom is 0.227 e. The lowest BCUT2D eigenvalue weighted by Gasteiger charge is -2.41. The second-order valence-electron chi connectivity index (χ2n) is 9.54. The van der Waals surface area contributed by atoms with Gasteiger partial charge in [0.25, 0.3) is 0 Å². The Hall–Kier alpha value is -3.93. The molecule has 5 rings (SSSR count). The van der Waals surface area contributed by atoms with Crippen LogP contribution in [0.15, 0.2) is 84.9 Å². The zero-order chi connectivity index (χ0) is 24.9. The smallest absolute Gasteiger partial charge is 0.227 e. The van der Waals surface area contributed by atoms with E-state index in [-0.39, 0.29) is 29.7 Å². The molecule has 184 valence electrons. The molecule has 6 heteroatoms. The zero-order valence-electron chi connectivity index (χ0n) is 20.3. The molecule has 2 aliphatic rings. The number of nitrogens with one attached hydrogen (secondary N) is 1. The molecular formula is C30H31N3O3. The van der Waals surface area contributed by atoms with Crippen molar-refractivity contribution in [3.8, 4) is 0 Å². The number of likely N-dealkylation sites (tertiary alicyclic amines) is 1. The second-order valence-corrected chi connectivity index (χ2v) is 9.54. The molecule has 3 aromatic rings. The molecular weight excluding hydrogens is 450 g/mol. The van der Waals surface area contributed by atoms with Gasteiger partial charge >= 0.3 is 0 Å². The molecule has 0 saturated carbocycles. The molecule has 0 aromatic heterocycles. The number of benzene rings is 3. The third-order valence-electron chi connectivity index (χ3n) is 7.14. The van der Waals surface area contributed by atoms with Crippen LogP contribution in [0.25, 0.3) is 0 Å². The number of rotatable bonds is 7. The van der Waals surface area contributed by atoms with Gasteiger partial charge in [0, 0.05) is 38.2 Å². The van der Waals surface area contributed by atoms with Gasteiger partial charge in [0.05, 0.1) is 12.0 Å². The molecule has 2 heterocycles. The van der Waals surface area contributed by atoms with Crippen molar-refractivity contribution in [2.45, 2.75) is 44.8 Å². The number of hydrogen-bond acceptors (Lipinski definition) is 3. The van der Waals surface area contributed by atoms with Crippen molar-refractivity contribution in [1.29, 1.82) is 0 Å². The van der Waals surface area contributed by atoms with Crippen LogP contribution in [0.1, 0.15) is 48.4 Å². The lowest BCUT2D eigenvalue weighted by atomic mass is 9.83. The SMILES string of the molecule is O=C(NCc1cccc(N2CCCC2=O)c1)C1CCC(=O)N(Cc2ccccc2)C1c1ccccc1. The first-order valence-electron chi connectivity index (χ1n) is 12.7. The number of carbonyl (C=O) groups excluding carboxylic acids is 3. The molecule has 1 N–H and O–H groups in total. The van der Waals surface area contributed by atoms with Crippen LogP contribution in [0.4, 0.5) is 5.69 Å². The summed E-state index contributed by atoms with van der Waals surface area (Å²) in [5.74, 6) is -0.193. The number of carbonyl (C=O) groups is 3. The fourth-order valence-electron chi connectivity index (χ4n) is 5.33. The van der Waals surface area contributed by atoms with E-state index in [0.717, 1.165) is 35.3 Å². The van der Waals surface area contributed by atoms with Gasteiger partial charge in [-0.25, -0.2) is 0 Å². The van der Waals surface area contributed by atoms with Crippen LogP contribution in [0.2, 0.25) is 0 Å². The Morgan fingerprint density at radius 2 is 1.56 bits per heavy atom. The van der Waals surface area contributed by atoms with Crippen molar-refractivity contribution in [2.24, 2.45) is 5.92 Å². The fourth-order valence-corrected chi connectivity index (χ4v) is 5.33. The highest BCUT2D eigenvalue weighted by molar-refractivity contribution is 5.95. The number of anilines is 1. The highest BCUT2D eigenvalue weighted by Crippen LogP contribution is 2.38. The van der Waals surface area contributed by atoms with E-state index in [9.17, 15) is 14.4 Å². The van der Waals surface area contributed by atoms with Crippen molar-refractivity contribution in [1.82, 2.24) is 10.2 Å². The van der Waals surface area contributed by atoms with Gasteiger partial charge in [-0.05, 0) is 41.7 Å². The molecule has 3 amide bonds. The molecule has 2 saturated heterocycles. The predicted molar refractivity (Wildman–Crippen MR) is 139 cm³/mol. The molecule has 2 fully saturated rings. The predicted octanol–water partition coefficient (Wildman–Crippen LogP) is 4.61. The van der Waals surface area contributed by atoms with Gasteiger partial charge < -0.3 is 15.1 Å². The maximum absolute atomic E-state index is 13.5. The molecule has 0 radical (unpaired) electrons. The van der Waals surface area contributed by atoms with E-state index in [0.29, 0.717) is 32.4 Å². The standard InChI is InChI=1S/C30H31N3O3/c34-27-15-8-18-32(27)25-14-7-11-23(19-25)20-31-30(36)26-16-17-28(35)33(21-22-9-3-1-4-10-22)29(26)24-12-5-2-6-13-24/h1-7,9-14,19,26,29H,8,15-18,20-21H2,(H,31,36). The highest BCUT2D eigenvalue weighted by atomic mass is 16.2. The van der Waals surface area contributed by atoms with Gasteiger partial charge in [-0.3, -0.25) is 14.4 Å². The Kier molecular flexibility index (Phi) is 7.12. The lowest BCUT2D eigenvalue weighted by molar-refractivity contribution is -0.144. The Morgan fingerprint density at radius 3 is 2.28 bits per heavy atom. The average molecular weight is 482 g/mol. The van der Waals surface area contributed by atoms with Crippen LogP contribution in [0.3, 0.4) is 0 Å². The Balaban J connectivity index is 1.35. The molecule has 6 nitrogen and oxygen atoms in total. The summed E-state index contributed by atoms with van der Waals surface area (Å²) in [6.07, 6.45) is 2.32. The fraction of sp³-hybridized carbons (Fsp3) is 0.300. The van der Waals surface area contributed by atoms with Gasteiger partial charge in [-0.1, -0.05) is 72.8 Å². The first-order valence-corrected chi connectivity index (χ1v) is 12.7. The Bertz CT molecular complexity index is 1230. The highest BCUT2D eigenvalue weighted by Gasteiger charge is 2.40. The van der Waals surface area contributed by atoms with Crippen LogP contribution in [-0.2, 0) is 27.5 Å². The average Bonchev–Trinajstić information content (AvgIpc) is 3.35. The van der Waals surface area contributed by atoms with E-state index in [1.54, 1.807) is 0 Å². The summed E-state index contributed by atoms with van der Waals surface area (Å²) in [4.78, 5) is 42.4. The molecule has 3 aromatic carbocycles. The van der Waals surface area contributed by atoms with Crippen LogP contribution in [0, 0.1) is 5.92 Å². The minimum atomic E-state index is -0.350. The zero-order valence-corrected chi connectivity index (χ0v) is 20.3. The number of hydrogen-bond donors (Lipinski definition) is 1. The molecule has 0 spiro atoms. The molecule has 36 heavy (non-hydrogen) atoms. The summed E-state index contributed by atoms with van der Waals surface area (Å²) in [7, 11) is 0. The minimum absolute atomic E-state index is 0.0583. The normalized spacial score (nSPS) is 20.0. The third kappa shape index (κ3) is 5.18. The summed E-state index contributed by atoms with van der Waals surface area (Å²) in [6, 6.07) is 27.2. The quantitative estimate of drug-likeness (QED) is 0.536. The summed E-state index contributed by atoms with van der Waals surface area (Å²) in [5.41, 5.74) is 3.84. The Labute approximate surface area is 211 Å². The van der Waals surface area contributed by atoms with E-state index in [4.69, 9.17) is 0 Å². The van der Waals surface area contributed by atoms with Crippen LogP contribution >= 0.6 is 0 Å². The van der Waals surface area contributed by atoms with Gasteiger partial charge in [-0.15, -0.1) is 0 Å². The van der Waals surface area contributed by atoms with Gasteiger partial charge in [0.1, 0.15) is 0 Å². The van der Waals surface area contributed by atoms with Gasteiger partial charge in [0.15, 0.2) is 0 Å². The summed E-state index contributed by atoms with van der Waals surface area (Å²) in [6.45, 7) is 1.58. The number of amides is 3. The summed E-state index contributed by atoms with van der Waals surface area (Å²) in [5, 5.41) is 3.12. The van der Waals surface area contributed by atoms with E-state index < -0.39 is 0 Å². The number of nitrogens with zero attached hydrogens (tertiary/aromatic N) is 2. The largest absolute Gasteiger partial charge is 0.352 e. The molecule has 0 aliphatic carbocycles. The molecule has 0 bridgehead atoms. The molecule has 2 atom stereocenters. The third-order valence-corrected chi connectivity index (χ3v) is 7.14. The van der Waals surface area contributed by atoms with E-state index in [1.807, 2.05) is 94.7 Å². The van der Waals surface area contributed by atoms with Crippen molar-refractivity contribution in [3.05, 3.63) is 102 Å². The van der Waals surface area contributed by atoms with Crippen molar-refractivity contribution >= 4 is 23.4 Å². The maximum atomic E-state index is 13.5. The van der Waals surface area contributed by atoms with Crippen molar-refractivity contribution < 1.29 is 14.4 Å². The topological polar surface area (TPSA) is 69.7 Å². The van der Waals surface area contributed by atoms with E-state index in [1.165, 1.54) is 0 Å². The second kappa shape index (κ2) is 10.8. The minimum Gasteiger partial charge on any atom is -0.352 e. The summed E-state index contributed by atoms with van der Waals surface area (Å²) >= 11 is 0. The lowest BCUT2D eigenvalue weighted by Crippen LogP contribution is -2.47. The Morgan fingerprint density at radius 1 is 0.833 bits per heavy atom. The first-order chi connectivity index (χ1) is 17.6. The first kappa shape index (κ1) is 23.8. The van der Waals surface area contributed by atoms with Crippen LogP contribution in [-0.4, -0.2) is 29.2 Å². The summed E-state index contributed by atoms with van der Waals surface area (Å²) < 4.78 is 0.